The molecular weight excluding hydrogens is 320 g/mol. The number of hydrogen-bond acceptors (Lipinski definition) is 4. The lowest BCUT2D eigenvalue weighted by Crippen LogP contribution is -2.56. The van der Waals surface area contributed by atoms with Gasteiger partial charge < -0.3 is 15.8 Å². The third-order valence-corrected chi connectivity index (χ3v) is 6.08. The van der Waals surface area contributed by atoms with E-state index >= 15 is 0 Å². The summed E-state index contributed by atoms with van der Waals surface area (Å²) < 4.78 is 4.80. The number of nitrogens with one attached hydrogen (secondary N) is 1. The highest BCUT2D eigenvalue weighted by Crippen LogP contribution is 2.60. The van der Waals surface area contributed by atoms with Gasteiger partial charge in [-0.2, -0.15) is 0 Å². The summed E-state index contributed by atoms with van der Waals surface area (Å²) in [6.45, 7) is 2.02. The van der Waals surface area contributed by atoms with Crippen LogP contribution in [0.25, 0.3) is 0 Å². The van der Waals surface area contributed by atoms with Crippen molar-refractivity contribution >= 4 is 17.8 Å². The average molecular weight is 348 g/mol. The number of hydrogen-bond donors (Lipinski definition) is 2. The largest absolute Gasteiger partial charge is 0.463 e. The third kappa shape index (κ3) is 3.88. The lowest BCUT2D eigenvalue weighted by molar-refractivity contribution is -0.148. The summed E-state index contributed by atoms with van der Waals surface area (Å²) in [7, 11) is 0. The Bertz CT molecular complexity index is 549. The molecule has 4 aliphatic carbocycles. The molecule has 0 saturated heterocycles. The number of ether oxygens (including phenoxy) is 1. The monoisotopic (exact) mass is 348 g/mol. The first-order valence-corrected chi connectivity index (χ1v) is 9.35. The molecule has 0 aromatic rings. The van der Waals surface area contributed by atoms with Crippen LogP contribution in [0.15, 0.2) is 12.2 Å². The fourth-order valence-electron chi connectivity index (χ4n) is 5.44. The van der Waals surface area contributed by atoms with Gasteiger partial charge in [-0.15, -0.1) is 0 Å². The van der Waals surface area contributed by atoms with Gasteiger partial charge in [0.1, 0.15) is 6.04 Å². The van der Waals surface area contributed by atoms with E-state index in [2.05, 4.69) is 5.32 Å². The maximum absolute atomic E-state index is 13.0. The minimum atomic E-state index is -0.786. The van der Waals surface area contributed by atoms with Gasteiger partial charge in [0.2, 0.25) is 11.8 Å². The van der Waals surface area contributed by atoms with Crippen molar-refractivity contribution in [3.05, 3.63) is 12.2 Å². The number of carbonyl (C=O) groups excluding carboxylic acids is 3. The summed E-state index contributed by atoms with van der Waals surface area (Å²) in [5, 5.41) is 2.86. The lowest BCUT2D eigenvalue weighted by atomic mass is 9.49. The van der Waals surface area contributed by atoms with Gasteiger partial charge in [-0.05, 0) is 69.6 Å². The van der Waals surface area contributed by atoms with Gasteiger partial charge in [-0.3, -0.25) is 9.59 Å². The molecule has 0 aliphatic heterocycles. The van der Waals surface area contributed by atoms with E-state index in [-0.39, 0.29) is 17.7 Å². The van der Waals surface area contributed by atoms with Crippen molar-refractivity contribution in [3.63, 3.8) is 0 Å². The van der Waals surface area contributed by atoms with E-state index in [9.17, 15) is 14.4 Å². The molecule has 6 nitrogen and oxygen atoms in total. The second-order valence-corrected chi connectivity index (χ2v) is 8.02. The van der Waals surface area contributed by atoms with Crippen LogP contribution in [0.5, 0.6) is 0 Å². The summed E-state index contributed by atoms with van der Waals surface area (Å²) >= 11 is 0. The van der Waals surface area contributed by atoms with Gasteiger partial charge >= 0.3 is 5.97 Å². The van der Waals surface area contributed by atoms with Crippen molar-refractivity contribution in [2.45, 2.75) is 57.9 Å². The van der Waals surface area contributed by atoms with Crippen LogP contribution in [0.2, 0.25) is 0 Å². The normalized spacial score (nSPS) is 34.0. The average Bonchev–Trinajstić information content (AvgIpc) is 2.52. The lowest BCUT2D eigenvalue weighted by Gasteiger charge is -2.55. The van der Waals surface area contributed by atoms with E-state index in [1.165, 1.54) is 31.4 Å². The minimum absolute atomic E-state index is 0.0278. The molecule has 4 fully saturated rings. The minimum Gasteiger partial charge on any atom is -0.463 e. The molecule has 2 amide bonds. The number of rotatable bonds is 7. The highest BCUT2D eigenvalue weighted by atomic mass is 16.5. The SMILES string of the molecule is CCOC(=O)/C=C/C[C@@H](NC(=O)C12CC3CC(CC(C3)C1)C2)C(N)=O. The first-order chi connectivity index (χ1) is 11.9. The standard InChI is InChI=1S/C19H28N2O4/c1-2-25-16(22)5-3-4-15(17(20)23)21-18(24)19-9-12-6-13(10-19)8-14(7-12)11-19/h3,5,12-15H,2,4,6-11H2,1H3,(H2,20,23)(H,21,24)/b5-3+/t12?,13?,14?,15-,19?/m1/s1. The van der Waals surface area contributed by atoms with Crippen molar-refractivity contribution in [3.8, 4) is 0 Å². The molecule has 25 heavy (non-hydrogen) atoms. The number of nitrogens with two attached hydrogens (primary N) is 1. The Balaban J connectivity index is 1.61. The summed E-state index contributed by atoms with van der Waals surface area (Å²) in [5.74, 6) is 0.915. The number of primary amides is 1. The summed E-state index contributed by atoms with van der Waals surface area (Å²) in [6.07, 6.45) is 9.60. The van der Waals surface area contributed by atoms with E-state index in [1.54, 1.807) is 6.92 Å². The Morgan fingerprint density at radius 3 is 2.20 bits per heavy atom. The van der Waals surface area contributed by atoms with E-state index in [0.717, 1.165) is 19.3 Å². The van der Waals surface area contributed by atoms with Crippen LogP contribution in [0.4, 0.5) is 0 Å². The second kappa shape index (κ2) is 7.18. The zero-order valence-corrected chi connectivity index (χ0v) is 14.8. The van der Waals surface area contributed by atoms with Gasteiger partial charge in [0, 0.05) is 11.5 Å². The third-order valence-electron chi connectivity index (χ3n) is 6.08. The van der Waals surface area contributed by atoms with E-state index in [1.807, 2.05) is 0 Å². The Labute approximate surface area is 148 Å². The molecule has 6 heteroatoms. The maximum atomic E-state index is 13.0. The van der Waals surface area contributed by atoms with Crippen LogP contribution < -0.4 is 11.1 Å². The first-order valence-electron chi connectivity index (χ1n) is 9.35. The summed E-state index contributed by atoms with van der Waals surface area (Å²) in [6, 6.07) is -0.786. The van der Waals surface area contributed by atoms with Crippen LogP contribution in [-0.2, 0) is 19.1 Å². The quantitative estimate of drug-likeness (QED) is 0.540. The zero-order chi connectivity index (χ0) is 18.0. The van der Waals surface area contributed by atoms with Gasteiger partial charge in [-0.25, -0.2) is 4.79 Å². The fraction of sp³-hybridized carbons (Fsp3) is 0.737. The molecule has 138 valence electrons. The molecular formula is C19H28N2O4. The molecule has 1 atom stereocenters. The Morgan fingerprint density at radius 1 is 1.16 bits per heavy atom. The van der Waals surface area contributed by atoms with Crippen LogP contribution in [0.3, 0.4) is 0 Å². The molecule has 0 spiro atoms. The van der Waals surface area contributed by atoms with Crippen molar-refractivity contribution in [1.82, 2.24) is 5.32 Å². The predicted molar refractivity (Wildman–Crippen MR) is 92.1 cm³/mol. The predicted octanol–water partition coefficient (Wildman–Crippen LogP) is 1.68. The number of amides is 2. The molecule has 4 aliphatic rings. The number of esters is 1. The van der Waals surface area contributed by atoms with Crippen LogP contribution >= 0.6 is 0 Å². The fourth-order valence-corrected chi connectivity index (χ4v) is 5.44. The number of carbonyl (C=O) groups is 3. The molecule has 4 saturated carbocycles. The van der Waals surface area contributed by atoms with Crippen molar-refractivity contribution < 1.29 is 19.1 Å². The molecule has 0 aromatic carbocycles. The maximum Gasteiger partial charge on any atom is 0.330 e. The Morgan fingerprint density at radius 2 is 1.72 bits per heavy atom. The second-order valence-electron chi connectivity index (χ2n) is 8.02. The van der Waals surface area contributed by atoms with Gasteiger partial charge in [-0.1, -0.05) is 6.08 Å². The van der Waals surface area contributed by atoms with Crippen molar-refractivity contribution in [1.29, 1.82) is 0 Å². The van der Waals surface area contributed by atoms with Crippen LogP contribution in [0.1, 0.15) is 51.9 Å². The topological polar surface area (TPSA) is 98.5 Å². The molecule has 0 heterocycles. The summed E-state index contributed by atoms with van der Waals surface area (Å²) in [4.78, 5) is 36.0. The molecule has 0 unspecified atom stereocenters. The van der Waals surface area contributed by atoms with Gasteiger partial charge in [0.15, 0.2) is 0 Å². The Hall–Kier alpha value is -1.85. The van der Waals surface area contributed by atoms with E-state index < -0.39 is 17.9 Å². The molecule has 0 aromatic heterocycles. The highest BCUT2D eigenvalue weighted by molar-refractivity contribution is 5.90. The van der Waals surface area contributed by atoms with Gasteiger partial charge in [0.05, 0.1) is 6.61 Å². The summed E-state index contributed by atoms with van der Waals surface area (Å²) in [5.41, 5.74) is 5.14. The van der Waals surface area contributed by atoms with E-state index in [0.29, 0.717) is 24.4 Å². The van der Waals surface area contributed by atoms with E-state index in [4.69, 9.17) is 10.5 Å². The molecule has 0 radical (unpaired) electrons. The van der Waals surface area contributed by atoms with Crippen LogP contribution in [-0.4, -0.2) is 30.4 Å². The smallest absolute Gasteiger partial charge is 0.330 e. The zero-order valence-electron chi connectivity index (χ0n) is 14.8. The highest BCUT2D eigenvalue weighted by Gasteiger charge is 2.54. The van der Waals surface area contributed by atoms with Crippen molar-refractivity contribution in [2.75, 3.05) is 6.61 Å². The molecule has 4 bridgehead atoms. The van der Waals surface area contributed by atoms with Crippen LogP contribution in [0, 0.1) is 23.2 Å². The Kier molecular flexibility index (Phi) is 5.16. The van der Waals surface area contributed by atoms with Gasteiger partial charge in [0.25, 0.3) is 0 Å². The molecule has 4 rings (SSSR count). The first kappa shape index (κ1) is 18.0. The van der Waals surface area contributed by atoms with Crippen molar-refractivity contribution in [2.24, 2.45) is 28.9 Å². The molecule has 3 N–H and O–H groups in total.